The minimum atomic E-state index is -1.74. The van der Waals surface area contributed by atoms with Gasteiger partial charge in [-0.25, -0.2) is 4.79 Å². The maximum Gasteiger partial charge on any atom is 0.337 e. The fourth-order valence-electron chi connectivity index (χ4n) is 2.77. The molecule has 0 aromatic heterocycles. The number of ether oxygens (including phenoxy) is 4. The summed E-state index contributed by atoms with van der Waals surface area (Å²) in [6.45, 7) is 0. The monoisotopic (exact) mass is 436 g/mol. The van der Waals surface area contributed by atoms with E-state index < -0.39 is 23.2 Å². The molecule has 0 fully saturated rings. The third kappa shape index (κ3) is 5.59. The second-order valence-electron chi connectivity index (χ2n) is 6.09. The summed E-state index contributed by atoms with van der Waals surface area (Å²) in [4.78, 5) is 11.1. The predicted octanol–water partition coefficient (Wildman–Crippen LogP) is 2.76. The number of carboxylic acids is 1. The second kappa shape index (κ2) is 10.8. The molecule has 0 aliphatic carbocycles. The Hall–Kier alpha value is -2.88. The highest BCUT2D eigenvalue weighted by atomic mass is 32.2. The molecule has 9 heteroatoms. The van der Waals surface area contributed by atoms with E-state index in [4.69, 9.17) is 24.1 Å². The van der Waals surface area contributed by atoms with Crippen molar-refractivity contribution in [3.05, 3.63) is 52.4 Å². The zero-order valence-electron chi connectivity index (χ0n) is 17.1. The smallest absolute Gasteiger partial charge is 0.337 e. The Balaban J connectivity index is 2.26. The van der Waals surface area contributed by atoms with Crippen LogP contribution >= 0.6 is 0 Å². The molecule has 2 N–H and O–H groups in total. The zero-order chi connectivity index (χ0) is 22.3. The number of aliphatic carboxylic acids is 1. The number of carboxylic acid groups (broad SMARTS) is 1. The first-order valence-electron chi connectivity index (χ1n) is 8.77. The first-order valence-corrected chi connectivity index (χ1v) is 10.2. The third-order valence-corrected chi connectivity index (χ3v) is 5.33. The van der Waals surface area contributed by atoms with Gasteiger partial charge in [-0.1, -0.05) is 6.07 Å². The summed E-state index contributed by atoms with van der Waals surface area (Å²) < 4.78 is 33.6. The van der Waals surface area contributed by atoms with Gasteiger partial charge in [-0.2, -0.15) is 0 Å². The van der Waals surface area contributed by atoms with Gasteiger partial charge in [0.1, 0.15) is 34.2 Å². The SMILES string of the molecule is COc1cc(OC)c(C=C[S+]([O-])Cc2ccc(OC)c(C(O)C(=O)O)c2)c(OC)c1. The summed E-state index contributed by atoms with van der Waals surface area (Å²) in [7, 11) is 5.93. The summed E-state index contributed by atoms with van der Waals surface area (Å²) in [5, 5.41) is 20.4. The van der Waals surface area contributed by atoms with Crippen molar-refractivity contribution in [3.8, 4) is 23.0 Å². The number of carbonyl (C=O) groups is 1. The van der Waals surface area contributed by atoms with Crippen LogP contribution in [0, 0.1) is 0 Å². The van der Waals surface area contributed by atoms with Gasteiger partial charge >= 0.3 is 5.97 Å². The average molecular weight is 436 g/mol. The van der Waals surface area contributed by atoms with E-state index in [0.717, 1.165) is 0 Å². The van der Waals surface area contributed by atoms with Crippen molar-refractivity contribution in [2.75, 3.05) is 28.4 Å². The van der Waals surface area contributed by atoms with Gasteiger partial charge in [0, 0.05) is 29.3 Å². The maximum absolute atomic E-state index is 12.6. The number of hydrogen-bond acceptors (Lipinski definition) is 7. The van der Waals surface area contributed by atoms with Crippen molar-refractivity contribution in [2.45, 2.75) is 11.9 Å². The molecule has 8 nitrogen and oxygen atoms in total. The Bertz CT molecular complexity index is 887. The lowest BCUT2D eigenvalue weighted by Gasteiger charge is -2.14. The molecule has 0 saturated heterocycles. The molecule has 0 aliphatic rings. The van der Waals surface area contributed by atoms with E-state index in [9.17, 15) is 14.5 Å². The summed E-state index contributed by atoms with van der Waals surface area (Å²) in [5.41, 5.74) is 1.29. The van der Waals surface area contributed by atoms with E-state index in [-0.39, 0.29) is 17.1 Å². The summed E-state index contributed by atoms with van der Waals surface area (Å²) in [6.07, 6.45) is -0.110. The molecule has 2 rings (SSSR count). The minimum Gasteiger partial charge on any atom is -0.612 e. The molecule has 30 heavy (non-hydrogen) atoms. The second-order valence-corrected chi connectivity index (χ2v) is 7.41. The van der Waals surface area contributed by atoms with Crippen LogP contribution in [0.1, 0.15) is 22.8 Å². The molecule has 2 aromatic rings. The molecule has 0 amide bonds. The largest absolute Gasteiger partial charge is 0.612 e. The highest BCUT2D eigenvalue weighted by Gasteiger charge is 2.21. The molecule has 0 heterocycles. The molecule has 2 atom stereocenters. The standard InChI is InChI=1S/C21H24O8S/c1-26-14-10-18(28-3)15(19(11-14)29-4)7-8-30(25)12-13-5-6-17(27-2)16(9-13)20(22)21(23)24/h5-11,20,22H,12H2,1-4H3,(H,23,24). The van der Waals surface area contributed by atoms with Crippen LogP contribution in [0.4, 0.5) is 0 Å². The summed E-state index contributed by atoms with van der Waals surface area (Å²) in [6, 6.07) is 8.05. The van der Waals surface area contributed by atoms with Crippen LogP contribution in [0.25, 0.3) is 6.08 Å². The third-order valence-electron chi connectivity index (χ3n) is 4.27. The van der Waals surface area contributed by atoms with Crippen molar-refractivity contribution in [1.29, 1.82) is 0 Å². The van der Waals surface area contributed by atoms with Gasteiger partial charge in [-0.15, -0.1) is 0 Å². The number of hydrogen-bond donors (Lipinski definition) is 2. The Labute approximate surface area is 177 Å². The first kappa shape index (κ1) is 23.4. The lowest BCUT2D eigenvalue weighted by Crippen LogP contribution is -2.12. The maximum atomic E-state index is 12.6. The van der Waals surface area contributed by atoms with Gasteiger partial charge in [0.2, 0.25) is 0 Å². The van der Waals surface area contributed by atoms with E-state index in [1.54, 1.807) is 24.3 Å². The van der Waals surface area contributed by atoms with Gasteiger partial charge < -0.3 is 33.7 Å². The van der Waals surface area contributed by atoms with Gasteiger partial charge in [-0.05, 0) is 23.3 Å². The Morgan fingerprint density at radius 2 is 1.63 bits per heavy atom. The van der Waals surface area contributed by atoms with Crippen LogP contribution in [-0.4, -0.2) is 49.2 Å². The molecule has 0 bridgehead atoms. The van der Waals surface area contributed by atoms with Crippen molar-refractivity contribution >= 4 is 23.2 Å². The number of rotatable bonds is 10. The molecule has 2 unspecified atom stereocenters. The van der Waals surface area contributed by atoms with Crippen LogP contribution in [0.3, 0.4) is 0 Å². The molecule has 2 aromatic carbocycles. The number of aliphatic hydroxyl groups is 1. The molecular weight excluding hydrogens is 412 g/mol. The van der Waals surface area contributed by atoms with E-state index in [2.05, 4.69) is 0 Å². The van der Waals surface area contributed by atoms with E-state index in [1.807, 2.05) is 0 Å². The van der Waals surface area contributed by atoms with Crippen molar-refractivity contribution < 1.29 is 38.5 Å². The van der Waals surface area contributed by atoms with Crippen molar-refractivity contribution in [3.63, 3.8) is 0 Å². The first-order chi connectivity index (χ1) is 14.3. The van der Waals surface area contributed by atoms with E-state index in [1.165, 1.54) is 46.0 Å². The van der Waals surface area contributed by atoms with Crippen LogP contribution in [-0.2, 0) is 21.7 Å². The van der Waals surface area contributed by atoms with Crippen LogP contribution in [0.2, 0.25) is 0 Å². The molecule has 162 valence electrons. The summed E-state index contributed by atoms with van der Waals surface area (Å²) in [5.74, 6) is 0.504. The van der Waals surface area contributed by atoms with E-state index >= 15 is 0 Å². The van der Waals surface area contributed by atoms with E-state index in [0.29, 0.717) is 28.4 Å². The normalized spacial score (nSPS) is 13.0. The fraction of sp³-hybridized carbons (Fsp3) is 0.286. The highest BCUT2D eigenvalue weighted by molar-refractivity contribution is 7.93. The molecule has 0 aliphatic heterocycles. The van der Waals surface area contributed by atoms with Gasteiger partial charge in [-0.3, -0.25) is 0 Å². The predicted molar refractivity (Wildman–Crippen MR) is 113 cm³/mol. The molecular formula is C21H24O8S. The van der Waals surface area contributed by atoms with Crippen molar-refractivity contribution in [1.82, 2.24) is 0 Å². The van der Waals surface area contributed by atoms with Gasteiger partial charge in [0.15, 0.2) is 6.10 Å². The average Bonchev–Trinajstić information content (AvgIpc) is 2.76. The molecule has 0 spiro atoms. The Kier molecular flexibility index (Phi) is 8.40. The van der Waals surface area contributed by atoms with Gasteiger partial charge in [0.05, 0.1) is 34.0 Å². The Morgan fingerprint density at radius 3 is 2.13 bits per heavy atom. The lowest BCUT2D eigenvalue weighted by atomic mass is 10.1. The highest BCUT2D eigenvalue weighted by Crippen LogP contribution is 2.35. The Morgan fingerprint density at radius 1 is 1.03 bits per heavy atom. The van der Waals surface area contributed by atoms with Gasteiger partial charge in [0.25, 0.3) is 0 Å². The fourth-order valence-corrected chi connectivity index (χ4v) is 3.67. The zero-order valence-corrected chi connectivity index (χ0v) is 17.9. The van der Waals surface area contributed by atoms with Crippen molar-refractivity contribution in [2.24, 2.45) is 0 Å². The number of benzene rings is 2. The molecule has 0 radical (unpaired) electrons. The van der Waals surface area contributed by atoms with Crippen LogP contribution in [0.5, 0.6) is 23.0 Å². The van der Waals surface area contributed by atoms with Crippen LogP contribution < -0.4 is 18.9 Å². The number of methoxy groups -OCH3 is 4. The lowest BCUT2D eigenvalue weighted by molar-refractivity contribution is -0.147. The topological polar surface area (TPSA) is 118 Å². The minimum absolute atomic E-state index is 0.0990. The molecule has 0 saturated carbocycles. The summed E-state index contributed by atoms with van der Waals surface area (Å²) >= 11 is -1.43. The quantitative estimate of drug-likeness (QED) is 0.546. The number of aliphatic hydroxyl groups excluding tert-OH is 1. The van der Waals surface area contributed by atoms with Crippen LogP contribution in [0.15, 0.2) is 35.7 Å².